The molecule has 0 spiro atoms. The Morgan fingerprint density at radius 3 is 2.36 bits per heavy atom. The zero-order valence-corrected chi connectivity index (χ0v) is 15.1. The van der Waals surface area contributed by atoms with Crippen molar-refractivity contribution in [3.8, 4) is 5.75 Å². The van der Waals surface area contributed by atoms with Crippen LogP contribution in [0.2, 0.25) is 0 Å². The monoisotopic (exact) mass is 340 g/mol. The van der Waals surface area contributed by atoms with Gasteiger partial charge in [-0.05, 0) is 49.2 Å². The minimum absolute atomic E-state index is 0.0678. The maximum atomic E-state index is 12.1. The highest BCUT2D eigenvalue weighted by atomic mass is 16.5. The van der Waals surface area contributed by atoms with Crippen molar-refractivity contribution in [3.63, 3.8) is 0 Å². The van der Waals surface area contributed by atoms with Crippen LogP contribution in [0.1, 0.15) is 25.0 Å². The van der Waals surface area contributed by atoms with Crippen LogP contribution in [-0.2, 0) is 9.59 Å². The molecule has 0 aliphatic carbocycles. The topological polar surface area (TPSA) is 67.4 Å². The second-order valence-corrected chi connectivity index (χ2v) is 6.33. The van der Waals surface area contributed by atoms with Gasteiger partial charge in [-0.25, -0.2) is 0 Å². The van der Waals surface area contributed by atoms with E-state index < -0.39 is 0 Å². The molecule has 0 saturated carbocycles. The number of aryl methyl sites for hydroxylation is 2. The molecule has 2 rings (SSSR count). The van der Waals surface area contributed by atoms with Crippen LogP contribution >= 0.6 is 0 Å². The first-order valence-corrected chi connectivity index (χ1v) is 8.26. The minimum atomic E-state index is -0.256. The molecule has 0 fully saturated rings. The van der Waals surface area contributed by atoms with Crippen LogP contribution in [0, 0.1) is 19.8 Å². The van der Waals surface area contributed by atoms with Gasteiger partial charge < -0.3 is 15.4 Å². The predicted molar refractivity (Wildman–Crippen MR) is 100.0 cm³/mol. The second kappa shape index (κ2) is 8.33. The van der Waals surface area contributed by atoms with E-state index in [1.54, 1.807) is 24.3 Å². The van der Waals surface area contributed by atoms with Gasteiger partial charge in [-0.2, -0.15) is 0 Å². The summed E-state index contributed by atoms with van der Waals surface area (Å²) in [6, 6.07) is 12.9. The number of carbonyl (C=O) groups excluding carboxylic acids is 2. The molecule has 25 heavy (non-hydrogen) atoms. The molecule has 0 bridgehead atoms. The van der Waals surface area contributed by atoms with Crippen LogP contribution in [0.15, 0.2) is 42.5 Å². The number of hydrogen-bond donors (Lipinski definition) is 2. The summed E-state index contributed by atoms with van der Waals surface area (Å²) in [5.74, 6) is 0.271. The van der Waals surface area contributed by atoms with E-state index in [0.29, 0.717) is 17.1 Å². The lowest BCUT2D eigenvalue weighted by atomic mass is 10.1. The summed E-state index contributed by atoms with van der Waals surface area (Å²) >= 11 is 0. The molecule has 2 aromatic rings. The Morgan fingerprint density at radius 2 is 1.68 bits per heavy atom. The summed E-state index contributed by atoms with van der Waals surface area (Å²) in [5, 5.41) is 5.58. The van der Waals surface area contributed by atoms with Crippen molar-refractivity contribution in [2.24, 2.45) is 5.92 Å². The zero-order chi connectivity index (χ0) is 18.4. The largest absolute Gasteiger partial charge is 0.483 e. The van der Waals surface area contributed by atoms with E-state index in [0.717, 1.165) is 11.1 Å². The lowest BCUT2D eigenvalue weighted by molar-refractivity contribution is -0.119. The van der Waals surface area contributed by atoms with Gasteiger partial charge in [0.2, 0.25) is 5.91 Å². The van der Waals surface area contributed by atoms with Crippen molar-refractivity contribution in [1.82, 2.24) is 0 Å². The molecule has 0 aliphatic heterocycles. The first-order chi connectivity index (χ1) is 11.8. The van der Waals surface area contributed by atoms with Crippen LogP contribution in [0.25, 0.3) is 0 Å². The normalized spacial score (nSPS) is 10.4. The number of nitrogens with one attached hydrogen (secondary N) is 2. The third-order valence-corrected chi connectivity index (χ3v) is 3.64. The number of anilines is 2. The fourth-order valence-electron chi connectivity index (χ4n) is 2.16. The van der Waals surface area contributed by atoms with Gasteiger partial charge in [0, 0.05) is 17.3 Å². The van der Waals surface area contributed by atoms with Gasteiger partial charge in [0.05, 0.1) is 0 Å². The van der Waals surface area contributed by atoms with Crippen molar-refractivity contribution >= 4 is 23.2 Å². The first kappa shape index (κ1) is 18.5. The maximum absolute atomic E-state index is 12.1. The SMILES string of the molecule is Cc1ccc(C)c(OCC(=O)Nc2cccc(NC(=O)C(C)C)c2)c1. The molecule has 0 saturated heterocycles. The van der Waals surface area contributed by atoms with E-state index in [2.05, 4.69) is 10.6 Å². The van der Waals surface area contributed by atoms with E-state index in [1.807, 2.05) is 45.9 Å². The van der Waals surface area contributed by atoms with Gasteiger partial charge in [-0.1, -0.05) is 32.0 Å². The molecule has 2 N–H and O–H groups in total. The molecule has 2 amide bonds. The van der Waals surface area contributed by atoms with Crippen molar-refractivity contribution in [3.05, 3.63) is 53.6 Å². The Labute approximate surface area is 148 Å². The summed E-state index contributed by atoms with van der Waals surface area (Å²) in [6.45, 7) is 7.49. The van der Waals surface area contributed by atoms with Crippen molar-refractivity contribution in [2.75, 3.05) is 17.2 Å². The number of carbonyl (C=O) groups is 2. The Morgan fingerprint density at radius 1 is 1.00 bits per heavy atom. The van der Waals surface area contributed by atoms with E-state index in [-0.39, 0.29) is 24.3 Å². The van der Waals surface area contributed by atoms with Crippen LogP contribution in [0.5, 0.6) is 5.75 Å². The van der Waals surface area contributed by atoms with Gasteiger partial charge in [-0.15, -0.1) is 0 Å². The zero-order valence-electron chi connectivity index (χ0n) is 15.1. The maximum Gasteiger partial charge on any atom is 0.262 e. The van der Waals surface area contributed by atoms with Crippen molar-refractivity contribution in [2.45, 2.75) is 27.7 Å². The summed E-state index contributed by atoms with van der Waals surface area (Å²) in [7, 11) is 0. The molecule has 0 aliphatic rings. The van der Waals surface area contributed by atoms with Crippen LogP contribution in [0.4, 0.5) is 11.4 Å². The average molecular weight is 340 g/mol. The average Bonchev–Trinajstić information content (AvgIpc) is 2.56. The lowest BCUT2D eigenvalue weighted by Gasteiger charge is -2.12. The predicted octanol–water partition coefficient (Wildman–Crippen LogP) is 3.92. The molecule has 0 radical (unpaired) electrons. The van der Waals surface area contributed by atoms with E-state index in [9.17, 15) is 9.59 Å². The molecule has 0 aromatic heterocycles. The first-order valence-electron chi connectivity index (χ1n) is 8.26. The molecule has 132 valence electrons. The second-order valence-electron chi connectivity index (χ2n) is 6.33. The summed E-state index contributed by atoms with van der Waals surface area (Å²) < 4.78 is 5.60. The Bertz CT molecular complexity index is 769. The van der Waals surface area contributed by atoms with Crippen molar-refractivity contribution in [1.29, 1.82) is 0 Å². The van der Waals surface area contributed by atoms with E-state index >= 15 is 0 Å². The quantitative estimate of drug-likeness (QED) is 0.837. The summed E-state index contributed by atoms with van der Waals surface area (Å²) in [4.78, 5) is 23.8. The highest BCUT2D eigenvalue weighted by Gasteiger charge is 2.09. The molecular weight excluding hydrogens is 316 g/mol. The number of hydrogen-bond acceptors (Lipinski definition) is 3. The Balaban J connectivity index is 1.94. The third kappa shape index (κ3) is 5.64. The molecule has 0 atom stereocenters. The molecule has 0 unspecified atom stereocenters. The summed E-state index contributed by atoms with van der Waals surface area (Å²) in [5.41, 5.74) is 3.31. The highest BCUT2D eigenvalue weighted by molar-refractivity contribution is 5.95. The standard InChI is InChI=1S/C20H24N2O3/c1-13(2)20(24)22-17-7-5-6-16(11-17)21-19(23)12-25-18-10-14(3)8-9-15(18)4/h5-11,13H,12H2,1-4H3,(H,21,23)(H,22,24). The molecule has 5 nitrogen and oxygen atoms in total. The van der Waals surface area contributed by atoms with E-state index in [4.69, 9.17) is 4.74 Å². The smallest absolute Gasteiger partial charge is 0.262 e. The highest BCUT2D eigenvalue weighted by Crippen LogP contribution is 2.19. The molecule has 5 heteroatoms. The Hall–Kier alpha value is -2.82. The molecular formula is C20H24N2O3. The number of ether oxygens (including phenoxy) is 1. The fourth-order valence-corrected chi connectivity index (χ4v) is 2.16. The molecule has 2 aromatic carbocycles. The third-order valence-electron chi connectivity index (χ3n) is 3.64. The molecule has 0 heterocycles. The van der Waals surface area contributed by atoms with Crippen LogP contribution in [0.3, 0.4) is 0 Å². The van der Waals surface area contributed by atoms with E-state index in [1.165, 1.54) is 0 Å². The van der Waals surface area contributed by atoms with Gasteiger partial charge in [-0.3, -0.25) is 9.59 Å². The minimum Gasteiger partial charge on any atom is -0.483 e. The van der Waals surface area contributed by atoms with Gasteiger partial charge in [0.1, 0.15) is 5.75 Å². The lowest BCUT2D eigenvalue weighted by Crippen LogP contribution is -2.21. The summed E-state index contributed by atoms with van der Waals surface area (Å²) in [6.07, 6.45) is 0. The fraction of sp³-hybridized carbons (Fsp3) is 0.300. The Kier molecular flexibility index (Phi) is 6.17. The van der Waals surface area contributed by atoms with Crippen LogP contribution < -0.4 is 15.4 Å². The van der Waals surface area contributed by atoms with Gasteiger partial charge >= 0.3 is 0 Å². The number of amides is 2. The number of benzene rings is 2. The van der Waals surface area contributed by atoms with Crippen LogP contribution in [-0.4, -0.2) is 18.4 Å². The number of rotatable bonds is 6. The van der Waals surface area contributed by atoms with Gasteiger partial charge in [0.25, 0.3) is 5.91 Å². The van der Waals surface area contributed by atoms with Gasteiger partial charge in [0.15, 0.2) is 6.61 Å². The van der Waals surface area contributed by atoms with Crippen molar-refractivity contribution < 1.29 is 14.3 Å².